The summed E-state index contributed by atoms with van der Waals surface area (Å²) >= 11 is 0. The molecular formula is C6H12O2. The lowest BCUT2D eigenvalue weighted by Crippen LogP contribution is -1.89. The third kappa shape index (κ3) is 2.77. The molecule has 0 spiro atoms. The first kappa shape index (κ1) is 7.66. The summed E-state index contributed by atoms with van der Waals surface area (Å²) in [5, 5.41) is 16.8. The molecule has 0 atom stereocenters. The first-order valence-corrected chi connectivity index (χ1v) is 2.74. The van der Waals surface area contributed by atoms with Crippen LogP contribution in [-0.4, -0.2) is 23.4 Å². The van der Waals surface area contributed by atoms with Crippen molar-refractivity contribution in [1.29, 1.82) is 0 Å². The number of rotatable bonds is 3. The average molecular weight is 116 g/mol. The molecule has 0 heterocycles. The Morgan fingerprint density at radius 1 is 1.50 bits per heavy atom. The van der Waals surface area contributed by atoms with Crippen LogP contribution >= 0.6 is 0 Å². The van der Waals surface area contributed by atoms with Gasteiger partial charge in [-0.15, -0.1) is 0 Å². The van der Waals surface area contributed by atoms with E-state index >= 15 is 0 Å². The Bertz CT molecular complexity index is 70.6. The normalized spacial score (nSPS) is 12.1. The molecule has 2 heteroatoms. The van der Waals surface area contributed by atoms with Crippen molar-refractivity contribution in [2.45, 2.75) is 13.3 Å². The monoisotopic (exact) mass is 116 g/mol. The molecule has 0 fully saturated rings. The van der Waals surface area contributed by atoms with Crippen molar-refractivity contribution in [2.75, 3.05) is 13.2 Å². The van der Waals surface area contributed by atoms with Gasteiger partial charge < -0.3 is 10.2 Å². The van der Waals surface area contributed by atoms with Gasteiger partial charge in [0, 0.05) is 0 Å². The SMILES string of the molecule is CC/C(=C\CO)CO. The minimum Gasteiger partial charge on any atom is -0.392 e. The maximum Gasteiger partial charge on any atom is 0.0642 e. The predicted molar refractivity (Wildman–Crippen MR) is 32.5 cm³/mol. The molecule has 0 aromatic heterocycles. The van der Waals surface area contributed by atoms with E-state index in [0.717, 1.165) is 12.0 Å². The maximum absolute atomic E-state index is 8.48. The Morgan fingerprint density at radius 2 is 2.12 bits per heavy atom. The van der Waals surface area contributed by atoms with Crippen LogP contribution in [0.2, 0.25) is 0 Å². The van der Waals surface area contributed by atoms with Crippen LogP contribution in [0.4, 0.5) is 0 Å². The smallest absolute Gasteiger partial charge is 0.0642 e. The van der Waals surface area contributed by atoms with Crippen molar-refractivity contribution in [2.24, 2.45) is 0 Å². The number of hydrogen-bond acceptors (Lipinski definition) is 2. The number of hydrogen-bond donors (Lipinski definition) is 2. The van der Waals surface area contributed by atoms with E-state index < -0.39 is 0 Å². The molecule has 0 aliphatic carbocycles. The van der Waals surface area contributed by atoms with E-state index in [1.807, 2.05) is 6.92 Å². The zero-order valence-electron chi connectivity index (χ0n) is 5.09. The van der Waals surface area contributed by atoms with Crippen LogP contribution in [0.15, 0.2) is 11.6 Å². The molecule has 2 N–H and O–H groups in total. The van der Waals surface area contributed by atoms with Gasteiger partial charge >= 0.3 is 0 Å². The van der Waals surface area contributed by atoms with Gasteiger partial charge in [0.15, 0.2) is 0 Å². The summed E-state index contributed by atoms with van der Waals surface area (Å²) in [6.45, 7) is 2.04. The van der Waals surface area contributed by atoms with Crippen LogP contribution < -0.4 is 0 Å². The molecule has 8 heavy (non-hydrogen) atoms. The molecule has 0 aromatic rings. The zero-order valence-corrected chi connectivity index (χ0v) is 5.09. The summed E-state index contributed by atoms with van der Waals surface area (Å²) in [5.41, 5.74) is 0.896. The van der Waals surface area contributed by atoms with Gasteiger partial charge in [0.25, 0.3) is 0 Å². The Balaban J connectivity index is 3.49. The van der Waals surface area contributed by atoms with Crippen molar-refractivity contribution in [3.8, 4) is 0 Å². The quantitative estimate of drug-likeness (QED) is 0.521. The standard InChI is InChI=1S/C6H12O2/c1-2-6(5-8)3-4-7/h3,7-8H,2,4-5H2,1H3/b6-3+. The molecular weight excluding hydrogens is 104 g/mol. The summed E-state index contributed by atoms with van der Waals surface area (Å²) in [4.78, 5) is 0. The third-order valence-corrected chi connectivity index (χ3v) is 1.04. The second kappa shape index (κ2) is 4.81. The molecule has 0 aliphatic rings. The predicted octanol–water partition coefficient (Wildman–Crippen LogP) is 0.307. The van der Waals surface area contributed by atoms with Gasteiger partial charge in [0.1, 0.15) is 0 Å². The van der Waals surface area contributed by atoms with Gasteiger partial charge in [-0.05, 0) is 12.0 Å². The molecule has 0 unspecified atom stereocenters. The highest BCUT2D eigenvalue weighted by Gasteiger charge is 1.86. The Kier molecular flexibility index (Phi) is 4.61. The van der Waals surface area contributed by atoms with Crippen molar-refractivity contribution >= 4 is 0 Å². The van der Waals surface area contributed by atoms with Crippen molar-refractivity contribution in [3.63, 3.8) is 0 Å². The second-order valence-corrected chi connectivity index (χ2v) is 1.56. The highest BCUT2D eigenvalue weighted by atomic mass is 16.3. The Morgan fingerprint density at radius 3 is 2.25 bits per heavy atom. The lowest BCUT2D eigenvalue weighted by Gasteiger charge is -1.94. The molecule has 0 bridgehead atoms. The lowest BCUT2D eigenvalue weighted by molar-refractivity contribution is 0.316. The van der Waals surface area contributed by atoms with Gasteiger partial charge in [0.2, 0.25) is 0 Å². The molecule has 0 rings (SSSR count). The highest BCUT2D eigenvalue weighted by Crippen LogP contribution is 1.95. The summed E-state index contributed by atoms with van der Waals surface area (Å²) in [5.74, 6) is 0. The van der Waals surface area contributed by atoms with Crippen LogP contribution in [0.3, 0.4) is 0 Å². The fourth-order valence-electron chi connectivity index (χ4n) is 0.450. The summed E-state index contributed by atoms with van der Waals surface area (Å²) in [6.07, 6.45) is 2.44. The fraction of sp³-hybridized carbons (Fsp3) is 0.667. The molecule has 0 saturated carbocycles. The van der Waals surface area contributed by atoms with E-state index in [1.165, 1.54) is 0 Å². The van der Waals surface area contributed by atoms with Crippen molar-refractivity contribution in [1.82, 2.24) is 0 Å². The lowest BCUT2D eigenvalue weighted by atomic mass is 10.2. The molecule has 0 aromatic carbocycles. The van der Waals surface area contributed by atoms with Crippen molar-refractivity contribution < 1.29 is 10.2 Å². The van der Waals surface area contributed by atoms with Gasteiger partial charge in [-0.1, -0.05) is 13.0 Å². The number of aliphatic hydroxyl groups is 2. The van der Waals surface area contributed by atoms with Gasteiger partial charge in [-0.25, -0.2) is 0 Å². The van der Waals surface area contributed by atoms with Crippen LogP contribution in [0.1, 0.15) is 13.3 Å². The highest BCUT2D eigenvalue weighted by molar-refractivity contribution is 5.00. The van der Waals surface area contributed by atoms with Crippen LogP contribution in [0, 0.1) is 0 Å². The first-order valence-electron chi connectivity index (χ1n) is 2.74. The fourth-order valence-corrected chi connectivity index (χ4v) is 0.450. The minimum atomic E-state index is 0.0315. The maximum atomic E-state index is 8.48. The van der Waals surface area contributed by atoms with Gasteiger partial charge in [-0.3, -0.25) is 0 Å². The minimum absolute atomic E-state index is 0.0315. The largest absolute Gasteiger partial charge is 0.392 e. The summed E-state index contributed by atoms with van der Waals surface area (Å²) < 4.78 is 0. The average Bonchev–Trinajstić information content (AvgIpc) is 1.83. The van der Waals surface area contributed by atoms with Gasteiger partial charge in [-0.2, -0.15) is 0 Å². The first-order chi connectivity index (χ1) is 3.85. The molecule has 0 saturated heterocycles. The molecule has 48 valence electrons. The van der Waals surface area contributed by atoms with E-state index in [0.29, 0.717) is 0 Å². The topological polar surface area (TPSA) is 40.5 Å². The van der Waals surface area contributed by atoms with E-state index in [2.05, 4.69) is 0 Å². The van der Waals surface area contributed by atoms with Crippen LogP contribution in [-0.2, 0) is 0 Å². The van der Waals surface area contributed by atoms with E-state index in [9.17, 15) is 0 Å². The second-order valence-electron chi connectivity index (χ2n) is 1.56. The Hall–Kier alpha value is -0.340. The Labute approximate surface area is 49.5 Å². The summed E-state index contributed by atoms with van der Waals surface area (Å²) in [7, 11) is 0. The molecule has 2 nitrogen and oxygen atoms in total. The van der Waals surface area contributed by atoms with E-state index in [1.54, 1.807) is 6.08 Å². The summed E-state index contributed by atoms with van der Waals surface area (Å²) in [6, 6.07) is 0. The van der Waals surface area contributed by atoms with Crippen molar-refractivity contribution in [3.05, 3.63) is 11.6 Å². The molecule has 0 amide bonds. The van der Waals surface area contributed by atoms with E-state index in [4.69, 9.17) is 10.2 Å². The van der Waals surface area contributed by atoms with Gasteiger partial charge in [0.05, 0.1) is 13.2 Å². The third-order valence-electron chi connectivity index (χ3n) is 1.04. The molecule has 0 radical (unpaired) electrons. The van der Waals surface area contributed by atoms with Crippen LogP contribution in [0.25, 0.3) is 0 Å². The van der Waals surface area contributed by atoms with Crippen LogP contribution in [0.5, 0.6) is 0 Å². The number of aliphatic hydroxyl groups excluding tert-OH is 2. The molecule has 0 aliphatic heterocycles. The zero-order chi connectivity index (χ0) is 6.41. The van der Waals surface area contributed by atoms with E-state index in [-0.39, 0.29) is 13.2 Å².